The number of allylic oxidation sites excluding steroid dienone is 1. The molecule has 0 radical (unpaired) electrons. The van der Waals surface area contributed by atoms with Crippen molar-refractivity contribution in [2.24, 2.45) is 5.41 Å². The van der Waals surface area contributed by atoms with E-state index in [-0.39, 0.29) is 5.41 Å². The Kier molecular flexibility index (Phi) is 4.83. The second kappa shape index (κ2) is 4.82. The minimum atomic E-state index is 0.274. The Morgan fingerprint density at radius 3 is 2.27 bits per heavy atom. The van der Waals surface area contributed by atoms with Gasteiger partial charge in [0.2, 0.25) is 0 Å². The Hall–Kier alpha value is 0.0300. The number of rotatable bonds is 5. The van der Waals surface area contributed by atoms with Crippen LogP contribution in [0.1, 0.15) is 40.0 Å². The molecule has 0 aromatic heterocycles. The number of hydrogen-bond donors (Lipinski definition) is 0. The van der Waals surface area contributed by atoms with Crippen molar-refractivity contribution in [1.29, 1.82) is 0 Å². The molecular weight excluding hydrogens is 156 g/mol. The van der Waals surface area contributed by atoms with Gasteiger partial charge in [-0.3, -0.25) is 0 Å². The zero-order valence-corrected chi connectivity index (χ0v) is 8.67. The second-order valence-corrected chi connectivity index (χ2v) is 3.91. The average molecular weight is 175 g/mol. The predicted molar refractivity (Wildman–Crippen MR) is 53.2 cm³/mol. The van der Waals surface area contributed by atoms with Gasteiger partial charge in [-0.15, -0.1) is 11.6 Å². The highest BCUT2D eigenvalue weighted by Crippen LogP contribution is 2.34. The van der Waals surface area contributed by atoms with Gasteiger partial charge in [-0.25, -0.2) is 0 Å². The van der Waals surface area contributed by atoms with E-state index in [0.29, 0.717) is 0 Å². The summed E-state index contributed by atoms with van der Waals surface area (Å²) >= 11 is 5.72. The summed E-state index contributed by atoms with van der Waals surface area (Å²) < 4.78 is 0. The van der Waals surface area contributed by atoms with Gasteiger partial charge in [0.15, 0.2) is 0 Å². The molecule has 0 saturated heterocycles. The molecule has 0 N–H and O–H groups in total. The van der Waals surface area contributed by atoms with Gasteiger partial charge in [0, 0.05) is 5.88 Å². The summed E-state index contributed by atoms with van der Waals surface area (Å²) in [5.74, 6) is 0.739. The lowest BCUT2D eigenvalue weighted by Gasteiger charge is -2.29. The molecule has 0 fully saturated rings. The monoisotopic (exact) mass is 174 g/mol. The van der Waals surface area contributed by atoms with Crippen LogP contribution in [-0.4, -0.2) is 5.88 Å². The molecular formula is C10H19Cl. The molecule has 0 aliphatic heterocycles. The minimum Gasteiger partial charge on any atom is -0.127 e. The third kappa shape index (κ3) is 3.29. The van der Waals surface area contributed by atoms with Crippen molar-refractivity contribution in [3.8, 4) is 0 Å². The van der Waals surface area contributed by atoms with Gasteiger partial charge < -0.3 is 0 Å². The van der Waals surface area contributed by atoms with E-state index < -0.39 is 0 Å². The van der Waals surface area contributed by atoms with Gasteiger partial charge >= 0.3 is 0 Å². The van der Waals surface area contributed by atoms with Gasteiger partial charge in [0.1, 0.15) is 0 Å². The fourth-order valence-electron chi connectivity index (χ4n) is 1.31. The van der Waals surface area contributed by atoms with E-state index in [1.165, 1.54) is 18.4 Å². The maximum atomic E-state index is 5.72. The van der Waals surface area contributed by atoms with Crippen molar-refractivity contribution in [2.75, 3.05) is 5.88 Å². The Balaban J connectivity index is 4.13. The van der Waals surface area contributed by atoms with E-state index in [1.807, 2.05) is 0 Å². The van der Waals surface area contributed by atoms with Crippen molar-refractivity contribution in [1.82, 2.24) is 0 Å². The van der Waals surface area contributed by atoms with Gasteiger partial charge in [-0.1, -0.05) is 32.4 Å². The zero-order valence-electron chi connectivity index (χ0n) is 7.91. The van der Waals surface area contributed by atoms with E-state index in [2.05, 4.69) is 27.4 Å². The standard InChI is InChI=1S/C10H19Cl/c1-5-6-10(4,7-8-11)9(2)3/h2,5-8H2,1,3-4H3. The maximum absolute atomic E-state index is 5.72. The van der Waals surface area contributed by atoms with E-state index in [0.717, 1.165) is 12.3 Å². The summed E-state index contributed by atoms with van der Waals surface area (Å²) in [6.07, 6.45) is 3.47. The van der Waals surface area contributed by atoms with E-state index in [1.54, 1.807) is 0 Å². The van der Waals surface area contributed by atoms with Crippen LogP contribution in [0.25, 0.3) is 0 Å². The fraction of sp³-hybridized carbons (Fsp3) is 0.800. The first kappa shape index (κ1) is 11.0. The van der Waals surface area contributed by atoms with Crippen LogP contribution in [0.5, 0.6) is 0 Å². The topological polar surface area (TPSA) is 0 Å². The summed E-state index contributed by atoms with van der Waals surface area (Å²) in [6.45, 7) is 10.6. The molecule has 0 bridgehead atoms. The molecule has 0 saturated carbocycles. The van der Waals surface area contributed by atoms with Gasteiger partial charge in [0.05, 0.1) is 0 Å². The van der Waals surface area contributed by atoms with Crippen LogP contribution in [0.4, 0.5) is 0 Å². The second-order valence-electron chi connectivity index (χ2n) is 3.53. The van der Waals surface area contributed by atoms with Gasteiger partial charge in [0.25, 0.3) is 0 Å². The van der Waals surface area contributed by atoms with E-state index in [4.69, 9.17) is 11.6 Å². The smallest absolute Gasteiger partial charge is 0.0231 e. The molecule has 1 atom stereocenters. The highest BCUT2D eigenvalue weighted by atomic mass is 35.5. The lowest BCUT2D eigenvalue weighted by molar-refractivity contribution is 0.350. The first-order valence-electron chi connectivity index (χ1n) is 4.29. The van der Waals surface area contributed by atoms with Crippen LogP contribution in [-0.2, 0) is 0 Å². The highest BCUT2D eigenvalue weighted by Gasteiger charge is 2.22. The van der Waals surface area contributed by atoms with Crippen molar-refractivity contribution < 1.29 is 0 Å². The molecule has 1 unspecified atom stereocenters. The van der Waals surface area contributed by atoms with E-state index in [9.17, 15) is 0 Å². The third-order valence-electron chi connectivity index (χ3n) is 2.48. The molecule has 0 nitrogen and oxygen atoms in total. The number of hydrogen-bond acceptors (Lipinski definition) is 0. The van der Waals surface area contributed by atoms with Crippen LogP contribution in [0.15, 0.2) is 12.2 Å². The molecule has 0 rings (SSSR count). The summed E-state index contributed by atoms with van der Waals surface area (Å²) in [5.41, 5.74) is 1.54. The minimum absolute atomic E-state index is 0.274. The maximum Gasteiger partial charge on any atom is 0.0231 e. The third-order valence-corrected chi connectivity index (χ3v) is 2.67. The van der Waals surface area contributed by atoms with E-state index >= 15 is 0 Å². The Bertz CT molecular complexity index is 121. The lowest BCUT2D eigenvalue weighted by Crippen LogP contribution is -2.17. The summed E-state index contributed by atoms with van der Waals surface area (Å²) in [5, 5.41) is 0. The first-order valence-corrected chi connectivity index (χ1v) is 4.82. The summed E-state index contributed by atoms with van der Waals surface area (Å²) in [4.78, 5) is 0. The Labute approximate surface area is 75.6 Å². The SMILES string of the molecule is C=C(C)C(C)(CCC)CCCl. The molecule has 0 aromatic rings. The van der Waals surface area contributed by atoms with Crippen LogP contribution < -0.4 is 0 Å². The molecule has 1 heteroatoms. The molecule has 0 aromatic carbocycles. The predicted octanol–water partition coefficient (Wildman–Crippen LogP) is 4.00. The Morgan fingerprint density at radius 1 is 1.45 bits per heavy atom. The number of alkyl halides is 1. The molecule has 0 aliphatic carbocycles. The highest BCUT2D eigenvalue weighted by molar-refractivity contribution is 6.17. The summed E-state index contributed by atoms with van der Waals surface area (Å²) in [6, 6.07) is 0. The van der Waals surface area contributed by atoms with Crippen molar-refractivity contribution >= 4 is 11.6 Å². The molecule has 0 heterocycles. The molecule has 0 aliphatic rings. The van der Waals surface area contributed by atoms with Crippen molar-refractivity contribution in [3.63, 3.8) is 0 Å². The van der Waals surface area contributed by atoms with Gasteiger partial charge in [-0.05, 0) is 25.2 Å². The Morgan fingerprint density at radius 2 is 2.00 bits per heavy atom. The lowest BCUT2D eigenvalue weighted by atomic mass is 9.77. The van der Waals surface area contributed by atoms with Crippen LogP contribution in [0.2, 0.25) is 0 Å². The quantitative estimate of drug-likeness (QED) is 0.437. The van der Waals surface area contributed by atoms with Crippen LogP contribution in [0, 0.1) is 5.41 Å². The molecule has 0 amide bonds. The molecule has 11 heavy (non-hydrogen) atoms. The van der Waals surface area contributed by atoms with Crippen molar-refractivity contribution in [3.05, 3.63) is 12.2 Å². The summed E-state index contributed by atoms with van der Waals surface area (Å²) in [7, 11) is 0. The zero-order chi connectivity index (χ0) is 8.91. The normalized spacial score (nSPS) is 16.0. The average Bonchev–Trinajstić information content (AvgIpc) is 1.88. The van der Waals surface area contributed by atoms with Crippen LogP contribution >= 0.6 is 11.6 Å². The largest absolute Gasteiger partial charge is 0.127 e. The molecule has 0 spiro atoms. The first-order chi connectivity index (χ1) is 5.06. The van der Waals surface area contributed by atoms with Gasteiger partial charge in [-0.2, -0.15) is 0 Å². The molecule has 66 valence electrons. The van der Waals surface area contributed by atoms with Crippen molar-refractivity contribution in [2.45, 2.75) is 40.0 Å². The fourth-order valence-corrected chi connectivity index (χ4v) is 1.73. The number of halogens is 1. The van der Waals surface area contributed by atoms with Crippen LogP contribution in [0.3, 0.4) is 0 Å².